The van der Waals surface area contributed by atoms with Crippen molar-refractivity contribution in [1.82, 2.24) is 34.1 Å². The minimum Gasteiger partial charge on any atom is -0.305 e. The topological polar surface area (TPSA) is 74.3 Å². The molecule has 0 aliphatic carbocycles. The van der Waals surface area contributed by atoms with Gasteiger partial charge in [0.2, 0.25) is 5.95 Å². The van der Waals surface area contributed by atoms with Crippen molar-refractivity contribution in [2.24, 2.45) is 0 Å². The normalized spacial score (nSPS) is 11.9. The first-order valence-electron chi connectivity index (χ1n) is 30.9. The molecule has 0 saturated heterocycles. The maximum absolute atomic E-state index is 5.67. The van der Waals surface area contributed by atoms with Crippen molar-refractivity contribution in [3.05, 3.63) is 297 Å². The lowest BCUT2D eigenvalue weighted by atomic mass is 9.98. The summed E-state index contributed by atoms with van der Waals surface area (Å²) in [4.78, 5) is 27.3. The lowest BCUT2D eigenvalue weighted by Crippen LogP contribution is -2.07. The molecule has 12 aromatic carbocycles. The highest BCUT2D eigenvalue weighted by atomic mass is 32.1. The van der Waals surface area contributed by atoms with Crippen molar-refractivity contribution in [3.8, 4) is 90.3 Å². The highest BCUT2D eigenvalue weighted by Crippen LogP contribution is 2.45. The van der Waals surface area contributed by atoms with Crippen LogP contribution in [0.5, 0.6) is 0 Å². The Bertz CT molecular complexity index is 6200. The van der Waals surface area contributed by atoms with Gasteiger partial charge in [0.25, 0.3) is 0 Å². The third-order valence-corrected chi connectivity index (χ3v) is 20.5. The number of nitrogens with zero attached hydrogens (tertiary/aromatic N) is 7. The van der Waals surface area contributed by atoms with Crippen LogP contribution in [0.15, 0.2) is 297 Å². The third-order valence-electron chi connectivity index (χ3n) is 18.2. The zero-order valence-corrected chi connectivity index (χ0v) is 50.9. The number of para-hydroxylation sites is 3. The van der Waals surface area contributed by atoms with E-state index in [4.69, 9.17) is 24.9 Å². The van der Waals surface area contributed by atoms with Crippen LogP contribution in [0, 0.1) is 0 Å². The van der Waals surface area contributed by atoms with Gasteiger partial charge in [-0.1, -0.05) is 200 Å². The van der Waals surface area contributed by atoms with Crippen LogP contribution < -0.4 is 0 Å². The first-order valence-corrected chi connectivity index (χ1v) is 32.5. The van der Waals surface area contributed by atoms with E-state index in [1.54, 1.807) is 11.3 Å². The molecule has 0 amide bonds. The van der Waals surface area contributed by atoms with E-state index in [0.29, 0.717) is 17.6 Å². The Morgan fingerprint density at radius 3 is 1.41 bits per heavy atom. The summed E-state index contributed by atoms with van der Waals surface area (Å²) >= 11 is 3.61. The Morgan fingerprint density at radius 2 is 0.739 bits per heavy atom. The number of aromatic nitrogens is 7. The van der Waals surface area contributed by atoms with Gasteiger partial charge in [-0.3, -0.25) is 9.55 Å². The minimum absolute atomic E-state index is 0.521. The van der Waals surface area contributed by atoms with Crippen molar-refractivity contribution in [1.29, 1.82) is 0 Å². The zero-order valence-electron chi connectivity index (χ0n) is 49.2. The predicted molar refractivity (Wildman–Crippen MR) is 385 cm³/mol. The molecule has 7 aromatic heterocycles. The van der Waals surface area contributed by atoms with Gasteiger partial charge in [-0.2, -0.15) is 9.97 Å². The standard InChI is InChI=1S/C83H49N7S2/c1-4-17-50(18-5-1)53-34-40-74-66(46-53)62-37-33-58(49-77(62)92-74)82-86-81(57-36-42-76-68(48-57)67-47-54(35-41-75(67)91-76)51-19-6-2-7-20-51)87-83(88-82)90-72-31-13-11-26-61(72)65-39-38-64-60-25-10-12-30-71(60)89(79(64)80(65)90)73-32-15-27-63-59(43-44-84-78(63)73)55-23-14-24-56(45-55)70-29-16-28-69(85-70)52-21-8-3-9-22-52/h1-49H. The zero-order chi connectivity index (χ0) is 60.4. The number of thiophene rings is 2. The second kappa shape index (κ2) is 20.9. The van der Waals surface area contributed by atoms with Crippen LogP contribution in [0.4, 0.5) is 0 Å². The molecular weight excluding hydrogens is 1160 g/mol. The number of hydrogen-bond acceptors (Lipinski definition) is 7. The van der Waals surface area contributed by atoms with Crippen molar-refractivity contribution in [2.75, 3.05) is 0 Å². The van der Waals surface area contributed by atoms with Crippen molar-refractivity contribution >= 4 is 118 Å². The van der Waals surface area contributed by atoms with Gasteiger partial charge in [0.1, 0.15) is 0 Å². The summed E-state index contributed by atoms with van der Waals surface area (Å²) in [7, 11) is 0. The number of benzene rings is 12. The number of pyridine rings is 2. The molecule has 428 valence electrons. The highest BCUT2D eigenvalue weighted by Gasteiger charge is 2.26. The Hall–Kier alpha value is -11.8. The molecule has 0 atom stereocenters. The van der Waals surface area contributed by atoms with Gasteiger partial charge in [-0.05, 0) is 124 Å². The predicted octanol–water partition coefficient (Wildman–Crippen LogP) is 22.4. The molecule has 19 aromatic rings. The molecule has 9 heteroatoms. The Morgan fingerprint density at radius 1 is 0.261 bits per heavy atom. The molecule has 7 nitrogen and oxygen atoms in total. The number of fused-ring (bicyclic) bond motifs is 14. The van der Waals surface area contributed by atoms with Crippen LogP contribution >= 0.6 is 22.7 Å². The average Bonchev–Trinajstić information content (AvgIpc) is 1.55. The molecule has 0 N–H and O–H groups in total. The molecule has 92 heavy (non-hydrogen) atoms. The fourth-order valence-corrected chi connectivity index (χ4v) is 16.1. The number of hydrogen-bond donors (Lipinski definition) is 0. The fraction of sp³-hybridized carbons (Fsp3) is 0. The Kier molecular flexibility index (Phi) is 11.9. The van der Waals surface area contributed by atoms with E-state index in [9.17, 15) is 0 Å². The summed E-state index contributed by atoms with van der Waals surface area (Å²) in [5, 5.41) is 10.3. The van der Waals surface area contributed by atoms with Crippen molar-refractivity contribution < 1.29 is 0 Å². The largest absolute Gasteiger partial charge is 0.305 e. The van der Waals surface area contributed by atoms with E-state index >= 15 is 0 Å². The molecule has 19 rings (SSSR count). The van der Waals surface area contributed by atoms with Crippen LogP contribution in [0.2, 0.25) is 0 Å². The molecule has 0 unspecified atom stereocenters. The van der Waals surface area contributed by atoms with Gasteiger partial charge in [-0.25, -0.2) is 9.97 Å². The molecule has 0 radical (unpaired) electrons. The average molecular weight is 1210 g/mol. The van der Waals surface area contributed by atoms with Gasteiger partial charge in [-0.15, -0.1) is 22.7 Å². The van der Waals surface area contributed by atoms with Crippen LogP contribution in [0.25, 0.3) is 185 Å². The Balaban J connectivity index is 0.833. The SMILES string of the molecule is c1ccc(-c2ccc3sc4cc(-c5nc(-c6ccc7sc8ccc(-c9ccccc9)cc8c7c6)nc(-n6c7ccccc7c7ccc8c9ccccc9n(-c9cccc%10c(-c%11cccc(-c%12cccc(-c%13ccccc%13)n%12)c%11)ccnc9%10)c8c76)n5)ccc4c3c2)cc1. The summed E-state index contributed by atoms with van der Waals surface area (Å²) in [6.07, 6.45) is 1.95. The first kappa shape index (κ1) is 52.2. The lowest BCUT2D eigenvalue weighted by molar-refractivity contribution is 0.954. The summed E-state index contributed by atoms with van der Waals surface area (Å²) in [5.74, 6) is 1.69. The van der Waals surface area contributed by atoms with Crippen LogP contribution in [-0.4, -0.2) is 34.1 Å². The van der Waals surface area contributed by atoms with E-state index in [1.165, 1.54) is 62.6 Å². The van der Waals surface area contributed by atoms with E-state index in [0.717, 1.165) is 105 Å². The van der Waals surface area contributed by atoms with E-state index in [-0.39, 0.29) is 0 Å². The molecule has 7 heterocycles. The van der Waals surface area contributed by atoms with E-state index < -0.39 is 0 Å². The quantitative estimate of drug-likeness (QED) is 0.144. The summed E-state index contributed by atoms with van der Waals surface area (Å²) in [6, 6.07) is 104. The molecule has 0 aliphatic heterocycles. The maximum Gasteiger partial charge on any atom is 0.238 e. The first-order chi connectivity index (χ1) is 45.6. The second-order valence-corrected chi connectivity index (χ2v) is 25.7. The third kappa shape index (κ3) is 8.44. The van der Waals surface area contributed by atoms with Gasteiger partial charge >= 0.3 is 0 Å². The minimum atomic E-state index is 0.521. The van der Waals surface area contributed by atoms with Crippen LogP contribution in [0.3, 0.4) is 0 Å². The molecule has 0 aliphatic rings. The van der Waals surface area contributed by atoms with Gasteiger partial charge in [0.15, 0.2) is 11.6 Å². The van der Waals surface area contributed by atoms with Gasteiger partial charge in [0.05, 0.1) is 44.7 Å². The Labute approximate surface area is 535 Å². The van der Waals surface area contributed by atoms with Crippen LogP contribution in [-0.2, 0) is 0 Å². The molecule has 0 bridgehead atoms. The van der Waals surface area contributed by atoms with Gasteiger partial charge < -0.3 is 4.57 Å². The van der Waals surface area contributed by atoms with Crippen molar-refractivity contribution in [3.63, 3.8) is 0 Å². The smallest absolute Gasteiger partial charge is 0.238 e. The maximum atomic E-state index is 5.67. The van der Waals surface area contributed by atoms with Gasteiger partial charge in [0, 0.05) is 95.7 Å². The van der Waals surface area contributed by atoms with E-state index in [2.05, 4.69) is 294 Å². The summed E-state index contributed by atoms with van der Waals surface area (Å²) < 4.78 is 9.56. The fourth-order valence-electron chi connectivity index (χ4n) is 13.9. The lowest BCUT2D eigenvalue weighted by Gasteiger charge is -2.15. The molecular formula is C83H49N7S2. The highest BCUT2D eigenvalue weighted by molar-refractivity contribution is 7.26. The number of rotatable bonds is 9. The molecule has 0 fully saturated rings. The molecule has 0 saturated carbocycles. The van der Waals surface area contributed by atoms with Crippen molar-refractivity contribution in [2.45, 2.75) is 0 Å². The van der Waals surface area contributed by atoms with Crippen LogP contribution in [0.1, 0.15) is 0 Å². The monoisotopic (exact) mass is 1210 g/mol. The molecule has 0 spiro atoms. The summed E-state index contributed by atoms with van der Waals surface area (Å²) in [5.41, 5.74) is 18.6. The summed E-state index contributed by atoms with van der Waals surface area (Å²) in [6.45, 7) is 0. The van der Waals surface area contributed by atoms with E-state index in [1.807, 2.05) is 23.6 Å². The second-order valence-electron chi connectivity index (χ2n) is 23.5.